The number of esters is 1. The quantitative estimate of drug-likeness (QED) is 0.681. The molecule has 0 atom stereocenters. The maximum atomic E-state index is 11.8. The lowest BCUT2D eigenvalue weighted by atomic mass is 10.2. The highest BCUT2D eigenvalue weighted by molar-refractivity contribution is 6.38. The number of carbonyl (C=O) groups excluding carboxylic acids is 1. The van der Waals surface area contributed by atoms with Crippen LogP contribution in [0.15, 0.2) is 12.3 Å². The molecule has 3 aromatic rings. The lowest BCUT2D eigenvalue weighted by Gasteiger charge is -2.06. The molecule has 6 nitrogen and oxygen atoms in total. The van der Waals surface area contributed by atoms with E-state index in [1.165, 1.54) is 6.20 Å². The molecule has 0 aliphatic carbocycles. The maximum absolute atomic E-state index is 11.8. The van der Waals surface area contributed by atoms with Crippen LogP contribution in [-0.4, -0.2) is 32.1 Å². The van der Waals surface area contributed by atoms with Crippen molar-refractivity contribution in [1.29, 1.82) is 0 Å². The van der Waals surface area contributed by atoms with Gasteiger partial charge in [-0.05, 0) is 19.9 Å². The second-order valence-electron chi connectivity index (χ2n) is 4.63. The van der Waals surface area contributed by atoms with Crippen molar-refractivity contribution in [3.63, 3.8) is 0 Å². The molecule has 0 spiro atoms. The number of ether oxygens (including phenoxy) is 1. The summed E-state index contributed by atoms with van der Waals surface area (Å²) in [6, 6.07) is 1.79. The molecule has 0 unspecified atom stereocenters. The van der Waals surface area contributed by atoms with Gasteiger partial charge in [-0.1, -0.05) is 11.6 Å². The second-order valence-corrected chi connectivity index (χ2v) is 5.00. The van der Waals surface area contributed by atoms with Gasteiger partial charge < -0.3 is 9.30 Å². The zero-order chi connectivity index (χ0) is 15.1. The zero-order valence-electron chi connectivity index (χ0n) is 11.8. The molecule has 3 heterocycles. The van der Waals surface area contributed by atoms with Gasteiger partial charge in [-0.2, -0.15) is 0 Å². The maximum Gasteiger partial charge on any atom is 0.341 e. The number of aryl methyl sites for hydroxylation is 2. The summed E-state index contributed by atoms with van der Waals surface area (Å²) >= 11 is 6.30. The van der Waals surface area contributed by atoms with Crippen LogP contribution in [0.25, 0.3) is 22.2 Å². The van der Waals surface area contributed by atoms with Crippen LogP contribution in [-0.2, 0) is 11.8 Å². The van der Waals surface area contributed by atoms with Crippen molar-refractivity contribution in [2.75, 3.05) is 6.61 Å². The van der Waals surface area contributed by atoms with Gasteiger partial charge in [0.25, 0.3) is 0 Å². The minimum atomic E-state index is -0.491. The molecule has 0 N–H and O–H groups in total. The molecule has 0 saturated heterocycles. The summed E-state index contributed by atoms with van der Waals surface area (Å²) in [5.41, 5.74) is 2.16. The van der Waals surface area contributed by atoms with E-state index in [-0.39, 0.29) is 17.2 Å². The van der Waals surface area contributed by atoms with Crippen LogP contribution in [0.2, 0.25) is 5.02 Å². The SMILES string of the molecule is CCOC(=O)c1cnc2nc3c(cc2c1Cl)nc(C)n3C. The minimum absolute atomic E-state index is 0.236. The van der Waals surface area contributed by atoms with Crippen LogP contribution in [0.1, 0.15) is 23.1 Å². The fourth-order valence-corrected chi connectivity index (χ4v) is 2.42. The highest BCUT2D eigenvalue weighted by Crippen LogP contribution is 2.28. The number of pyridine rings is 2. The van der Waals surface area contributed by atoms with Crippen molar-refractivity contribution in [1.82, 2.24) is 19.5 Å². The largest absolute Gasteiger partial charge is 0.462 e. The first-order chi connectivity index (χ1) is 10.0. The molecule has 3 rings (SSSR count). The summed E-state index contributed by atoms with van der Waals surface area (Å²) in [6.45, 7) is 3.91. The Hall–Kier alpha value is -2.21. The highest BCUT2D eigenvalue weighted by Gasteiger charge is 2.17. The van der Waals surface area contributed by atoms with Crippen LogP contribution in [0.3, 0.4) is 0 Å². The second kappa shape index (κ2) is 4.96. The van der Waals surface area contributed by atoms with Gasteiger partial charge in [-0.15, -0.1) is 0 Å². The highest BCUT2D eigenvalue weighted by atomic mass is 35.5. The van der Waals surface area contributed by atoms with E-state index in [0.29, 0.717) is 16.6 Å². The van der Waals surface area contributed by atoms with Crippen LogP contribution < -0.4 is 0 Å². The average molecular weight is 305 g/mol. The monoisotopic (exact) mass is 304 g/mol. The van der Waals surface area contributed by atoms with Crippen molar-refractivity contribution in [3.05, 3.63) is 28.7 Å². The Morgan fingerprint density at radius 3 is 2.90 bits per heavy atom. The number of hydrogen-bond acceptors (Lipinski definition) is 5. The van der Waals surface area contributed by atoms with Crippen molar-refractivity contribution < 1.29 is 9.53 Å². The Kier molecular flexibility index (Phi) is 3.25. The van der Waals surface area contributed by atoms with Crippen molar-refractivity contribution in [3.8, 4) is 0 Å². The van der Waals surface area contributed by atoms with Crippen LogP contribution in [0.4, 0.5) is 0 Å². The first-order valence-electron chi connectivity index (χ1n) is 6.48. The molecule has 7 heteroatoms. The number of aromatic nitrogens is 4. The zero-order valence-corrected chi connectivity index (χ0v) is 12.6. The summed E-state index contributed by atoms with van der Waals surface area (Å²) in [7, 11) is 1.89. The lowest BCUT2D eigenvalue weighted by Crippen LogP contribution is -2.06. The Morgan fingerprint density at radius 1 is 1.43 bits per heavy atom. The molecule has 0 radical (unpaired) electrons. The van der Waals surface area contributed by atoms with E-state index in [1.54, 1.807) is 13.0 Å². The predicted octanol–water partition coefficient (Wildman–Crippen LogP) is 2.66. The van der Waals surface area contributed by atoms with Crippen LogP contribution in [0, 0.1) is 6.92 Å². The van der Waals surface area contributed by atoms with Gasteiger partial charge in [0.15, 0.2) is 11.3 Å². The van der Waals surface area contributed by atoms with E-state index in [0.717, 1.165) is 11.5 Å². The summed E-state index contributed by atoms with van der Waals surface area (Å²) in [5.74, 6) is 0.351. The van der Waals surface area contributed by atoms with Gasteiger partial charge >= 0.3 is 5.97 Å². The van der Waals surface area contributed by atoms with Gasteiger partial charge in [0.1, 0.15) is 11.3 Å². The number of rotatable bonds is 2. The topological polar surface area (TPSA) is 69.9 Å². The molecule has 0 aromatic carbocycles. The molecule has 108 valence electrons. The molecule has 0 amide bonds. The number of carbonyl (C=O) groups is 1. The van der Waals surface area contributed by atoms with Gasteiger partial charge in [0.2, 0.25) is 0 Å². The normalized spacial score (nSPS) is 11.2. The Labute approximate surface area is 125 Å². The number of imidazole rings is 1. The summed E-state index contributed by atoms with van der Waals surface area (Å²) in [6.07, 6.45) is 1.39. The lowest BCUT2D eigenvalue weighted by molar-refractivity contribution is 0.0526. The first kappa shape index (κ1) is 13.8. The third-order valence-electron chi connectivity index (χ3n) is 3.33. The minimum Gasteiger partial charge on any atom is -0.462 e. The third-order valence-corrected chi connectivity index (χ3v) is 3.74. The van der Waals surface area contributed by atoms with E-state index in [2.05, 4.69) is 15.0 Å². The van der Waals surface area contributed by atoms with Gasteiger partial charge in [0.05, 0.1) is 17.2 Å². The molecule has 0 saturated carbocycles. The van der Waals surface area contributed by atoms with E-state index in [9.17, 15) is 4.79 Å². The van der Waals surface area contributed by atoms with Gasteiger partial charge in [-0.25, -0.2) is 19.7 Å². The van der Waals surface area contributed by atoms with E-state index in [4.69, 9.17) is 16.3 Å². The molecule has 0 fully saturated rings. The molecule has 0 bridgehead atoms. The molecular formula is C14H13ClN4O2. The molecule has 0 aliphatic rings. The molecule has 3 aromatic heterocycles. The number of hydrogen-bond donors (Lipinski definition) is 0. The third kappa shape index (κ3) is 2.12. The fraction of sp³-hybridized carbons (Fsp3) is 0.286. The Bertz CT molecular complexity index is 872. The number of nitrogens with zero attached hydrogens (tertiary/aromatic N) is 4. The summed E-state index contributed by atoms with van der Waals surface area (Å²) < 4.78 is 6.84. The number of fused-ring (bicyclic) bond motifs is 2. The van der Waals surface area contributed by atoms with Crippen molar-refractivity contribution in [2.24, 2.45) is 7.05 Å². The Morgan fingerprint density at radius 2 is 2.19 bits per heavy atom. The standard InChI is InChI=1S/C14H13ClN4O2/c1-4-21-14(20)9-6-16-12-8(11(9)15)5-10-13(18-12)19(3)7(2)17-10/h5-6H,4H2,1-3H3. The first-order valence-corrected chi connectivity index (χ1v) is 6.86. The summed E-state index contributed by atoms with van der Waals surface area (Å²) in [4.78, 5) is 24.9. The average Bonchev–Trinajstić information content (AvgIpc) is 2.73. The van der Waals surface area contributed by atoms with Gasteiger partial charge in [0, 0.05) is 18.6 Å². The smallest absolute Gasteiger partial charge is 0.341 e. The molecular weight excluding hydrogens is 292 g/mol. The Balaban J connectivity index is 2.28. The number of halogens is 1. The molecule has 0 aliphatic heterocycles. The fourth-order valence-electron chi connectivity index (χ4n) is 2.15. The van der Waals surface area contributed by atoms with Crippen molar-refractivity contribution >= 4 is 39.8 Å². The van der Waals surface area contributed by atoms with Gasteiger partial charge in [-0.3, -0.25) is 0 Å². The van der Waals surface area contributed by atoms with Crippen LogP contribution in [0.5, 0.6) is 0 Å². The van der Waals surface area contributed by atoms with Crippen molar-refractivity contribution in [2.45, 2.75) is 13.8 Å². The van der Waals surface area contributed by atoms with E-state index in [1.807, 2.05) is 18.5 Å². The molecule has 21 heavy (non-hydrogen) atoms. The predicted molar refractivity (Wildman–Crippen MR) is 79.5 cm³/mol. The summed E-state index contributed by atoms with van der Waals surface area (Å²) in [5, 5.41) is 0.879. The van der Waals surface area contributed by atoms with Crippen LogP contribution >= 0.6 is 11.6 Å². The van der Waals surface area contributed by atoms with E-state index >= 15 is 0 Å². The van der Waals surface area contributed by atoms with E-state index < -0.39 is 5.97 Å².